The van der Waals surface area contributed by atoms with Crippen LogP contribution in [0, 0.1) is 0 Å². The van der Waals surface area contributed by atoms with E-state index < -0.39 is 71.5 Å². The number of methoxy groups -OCH3 is 1. The number of benzene rings is 3. The lowest BCUT2D eigenvalue weighted by Gasteiger charge is -2.31. The van der Waals surface area contributed by atoms with Crippen molar-refractivity contribution >= 4 is 35.7 Å². The van der Waals surface area contributed by atoms with E-state index in [2.05, 4.69) is 26.3 Å². The summed E-state index contributed by atoms with van der Waals surface area (Å²) in [5.74, 6) is -2.90. The molecule has 2 heterocycles. The molecule has 1 aromatic heterocycles. The fraction of sp³-hybridized carbons (Fsp3) is 0.413. The average molecular weight is 836 g/mol. The van der Waals surface area contributed by atoms with Crippen molar-refractivity contribution in [3.8, 4) is 0 Å². The van der Waals surface area contributed by atoms with E-state index in [0.717, 1.165) is 16.7 Å². The van der Waals surface area contributed by atoms with Crippen LogP contribution in [0.3, 0.4) is 0 Å². The highest BCUT2D eigenvalue weighted by Crippen LogP contribution is 2.21. The van der Waals surface area contributed by atoms with Gasteiger partial charge in [0.25, 0.3) is 0 Å². The zero-order chi connectivity index (χ0) is 43.9. The van der Waals surface area contributed by atoms with Gasteiger partial charge in [0.15, 0.2) is 0 Å². The molecule has 0 radical (unpaired) electrons. The lowest BCUT2D eigenvalue weighted by atomic mass is 10.0. The molecule has 0 unspecified atom stereocenters. The van der Waals surface area contributed by atoms with Crippen molar-refractivity contribution in [2.45, 2.75) is 102 Å². The normalized spacial score (nSPS) is 15.7. The molecule has 5 atom stereocenters. The van der Waals surface area contributed by atoms with Gasteiger partial charge in [0.05, 0.1) is 13.4 Å². The van der Waals surface area contributed by atoms with Gasteiger partial charge in [0.2, 0.25) is 23.6 Å². The minimum atomic E-state index is -1.15. The number of nitrogens with one attached hydrogen (secondary N) is 4. The van der Waals surface area contributed by atoms with Crippen molar-refractivity contribution in [2.24, 2.45) is 7.05 Å². The summed E-state index contributed by atoms with van der Waals surface area (Å²) in [5.41, 5.74) is 2.35. The van der Waals surface area contributed by atoms with Gasteiger partial charge in [0, 0.05) is 44.7 Å². The average Bonchev–Trinajstić information content (AvgIpc) is 3.90. The van der Waals surface area contributed by atoms with Gasteiger partial charge in [-0.3, -0.25) is 19.2 Å². The maximum atomic E-state index is 14.4. The second-order valence-corrected chi connectivity index (χ2v) is 16.2. The van der Waals surface area contributed by atoms with E-state index in [1.807, 2.05) is 91.0 Å². The zero-order valence-corrected chi connectivity index (χ0v) is 35.5. The monoisotopic (exact) mass is 835 g/mol. The second-order valence-electron chi connectivity index (χ2n) is 16.2. The molecule has 0 aliphatic carbocycles. The van der Waals surface area contributed by atoms with Crippen LogP contribution in [0.4, 0.5) is 4.79 Å². The Morgan fingerprint density at radius 1 is 0.721 bits per heavy atom. The van der Waals surface area contributed by atoms with Gasteiger partial charge < -0.3 is 40.2 Å². The molecule has 4 N–H and O–H groups in total. The fourth-order valence-electron chi connectivity index (χ4n) is 7.23. The molecule has 5 rings (SSSR count). The van der Waals surface area contributed by atoms with Gasteiger partial charge in [-0.05, 0) is 63.1 Å². The summed E-state index contributed by atoms with van der Waals surface area (Å²) in [4.78, 5) is 88.5. The number of aryl methyl sites for hydroxylation is 2. The Morgan fingerprint density at radius 3 is 1.84 bits per heavy atom. The van der Waals surface area contributed by atoms with Gasteiger partial charge in [-0.2, -0.15) is 0 Å². The molecule has 15 heteroatoms. The van der Waals surface area contributed by atoms with Crippen LogP contribution >= 0.6 is 0 Å². The number of carbonyl (C=O) groups is 6. The fourth-order valence-corrected chi connectivity index (χ4v) is 7.23. The minimum absolute atomic E-state index is 0.0879. The number of esters is 1. The predicted molar refractivity (Wildman–Crippen MR) is 228 cm³/mol. The first-order valence-electron chi connectivity index (χ1n) is 20.6. The molecule has 3 aromatic carbocycles. The van der Waals surface area contributed by atoms with Crippen molar-refractivity contribution in [3.05, 3.63) is 126 Å². The van der Waals surface area contributed by atoms with Crippen LogP contribution in [0.15, 0.2) is 104 Å². The van der Waals surface area contributed by atoms with E-state index >= 15 is 0 Å². The third kappa shape index (κ3) is 13.8. The molecule has 324 valence electrons. The Bertz CT molecular complexity index is 2090. The van der Waals surface area contributed by atoms with Crippen LogP contribution in [0.2, 0.25) is 0 Å². The highest BCUT2D eigenvalue weighted by atomic mass is 16.6. The number of likely N-dealkylation sites (tertiary alicyclic amines) is 1. The SMILES string of the molecule is COC(=O)[C@H](Cc1ccccc1)NC(=O)[C@H](Cc1ccccc1)NC(=O)[C@H](CCc1ccccc1)NC(=O)[C@H]1CCCN1C(=O)[C@H](Cc1cncn1C)NC(=O)OC(C)(C)C. The van der Waals surface area contributed by atoms with Crippen molar-refractivity contribution in [2.75, 3.05) is 13.7 Å². The van der Waals surface area contributed by atoms with Crippen molar-refractivity contribution in [1.82, 2.24) is 35.7 Å². The van der Waals surface area contributed by atoms with Crippen LogP contribution in [0.5, 0.6) is 0 Å². The highest BCUT2D eigenvalue weighted by Gasteiger charge is 2.40. The first-order chi connectivity index (χ1) is 29.2. The van der Waals surface area contributed by atoms with Crippen LogP contribution < -0.4 is 21.3 Å². The number of alkyl carbamates (subject to hydrolysis) is 1. The van der Waals surface area contributed by atoms with Gasteiger partial charge >= 0.3 is 12.1 Å². The Balaban J connectivity index is 1.37. The van der Waals surface area contributed by atoms with Crippen molar-refractivity contribution in [1.29, 1.82) is 0 Å². The van der Waals surface area contributed by atoms with E-state index in [0.29, 0.717) is 25.0 Å². The summed E-state index contributed by atoms with van der Waals surface area (Å²) >= 11 is 0. The Labute approximate surface area is 357 Å². The van der Waals surface area contributed by atoms with Crippen LogP contribution in [-0.4, -0.2) is 99.6 Å². The molecule has 1 fully saturated rings. The summed E-state index contributed by atoms with van der Waals surface area (Å²) in [6.45, 7) is 5.41. The topological polar surface area (TPSA) is 190 Å². The number of nitrogens with zero attached hydrogens (tertiary/aromatic N) is 3. The summed E-state index contributed by atoms with van der Waals surface area (Å²) in [5, 5.41) is 11.3. The number of imidazole rings is 1. The molecule has 1 aliphatic rings. The van der Waals surface area contributed by atoms with Gasteiger partial charge in [-0.25, -0.2) is 14.6 Å². The number of ether oxygens (including phenoxy) is 2. The number of carbonyl (C=O) groups excluding carboxylic acids is 6. The smallest absolute Gasteiger partial charge is 0.408 e. The molecular weight excluding hydrogens is 779 g/mol. The number of hydrogen-bond donors (Lipinski definition) is 4. The molecule has 15 nitrogen and oxygen atoms in total. The quantitative estimate of drug-likeness (QED) is 0.109. The molecule has 0 saturated carbocycles. The standard InChI is InChI=1S/C46H57N7O8/c1-46(2,3)61-45(59)51-37(28-34-29-47-30-52(34)4)43(57)53-25-15-22-39(53)42(56)48-35(24-23-31-16-9-6-10-17-31)40(54)49-36(26-32-18-11-7-12-19-32)41(55)50-38(44(58)60-5)27-33-20-13-8-14-21-33/h6-14,16-21,29-30,35-39H,15,22-28H2,1-5H3,(H,48,56)(H,49,54)(H,50,55)(H,51,59)/t35-,36-,37-,38-,39+/m0/s1. The molecule has 5 amide bonds. The first-order valence-corrected chi connectivity index (χ1v) is 20.6. The third-order valence-electron chi connectivity index (χ3n) is 10.4. The Kier molecular flexibility index (Phi) is 16.2. The molecule has 1 saturated heterocycles. The maximum absolute atomic E-state index is 14.4. The van der Waals surface area contributed by atoms with Crippen LogP contribution in [0.1, 0.15) is 62.4 Å². The summed E-state index contributed by atoms with van der Waals surface area (Å²) in [6, 6.07) is 22.4. The molecule has 61 heavy (non-hydrogen) atoms. The number of amides is 5. The molecule has 0 spiro atoms. The number of aromatic nitrogens is 2. The largest absolute Gasteiger partial charge is 0.467 e. The Hall–Kier alpha value is -6.51. The molecule has 0 bridgehead atoms. The summed E-state index contributed by atoms with van der Waals surface area (Å²) < 4.78 is 12.3. The Morgan fingerprint density at radius 2 is 1.28 bits per heavy atom. The minimum Gasteiger partial charge on any atom is -0.467 e. The molecule has 1 aliphatic heterocycles. The van der Waals surface area contributed by atoms with Crippen LogP contribution in [-0.2, 0) is 66.2 Å². The van der Waals surface area contributed by atoms with Crippen molar-refractivity contribution < 1.29 is 38.2 Å². The summed E-state index contributed by atoms with van der Waals surface area (Å²) in [6.07, 6.45) is 4.17. The van der Waals surface area contributed by atoms with Crippen LogP contribution in [0.25, 0.3) is 0 Å². The lowest BCUT2D eigenvalue weighted by Crippen LogP contribution is -2.59. The maximum Gasteiger partial charge on any atom is 0.408 e. The predicted octanol–water partition coefficient (Wildman–Crippen LogP) is 3.59. The summed E-state index contributed by atoms with van der Waals surface area (Å²) in [7, 11) is 3.02. The van der Waals surface area contributed by atoms with E-state index in [1.54, 1.807) is 44.9 Å². The highest BCUT2D eigenvalue weighted by molar-refractivity contribution is 5.96. The lowest BCUT2D eigenvalue weighted by molar-refractivity contribution is -0.145. The van der Waals surface area contributed by atoms with Gasteiger partial charge in [-0.1, -0.05) is 91.0 Å². The molecule has 4 aromatic rings. The van der Waals surface area contributed by atoms with Crippen molar-refractivity contribution in [3.63, 3.8) is 0 Å². The van der Waals surface area contributed by atoms with E-state index in [9.17, 15) is 28.8 Å². The first kappa shape index (κ1) is 45.6. The third-order valence-corrected chi connectivity index (χ3v) is 10.4. The van der Waals surface area contributed by atoms with E-state index in [4.69, 9.17) is 9.47 Å². The second kappa shape index (κ2) is 21.7. The number of rotatable bonds is 18. The zero-order valence-electron chi connectivity index (χ0n) is 35.5. The number of hydrogen-bond acceptors (Lipinski definition) is 9. The molecular formula is C46H57N7O8. The van der Waals surface area contributed by atoms with E-state index in [1.165, 1.54) is 12.0 Å². The van der Waals surface area contributed by atoms with E-state index in [-0.39, 0.29) is 32.2 Å². The van der Waals surface area contributed by atoms with Gasteiger partial charge in [-0.15, -0.1) is 0 Å². The van der Waals surface area contributed by atoms with Gasteiger partial charge in [0.1, 0.15) is 35.8 Å².